The van der Waals surface area contributed by atoms with E-state index in [2.05, 4.69) is 0 Å². The molecule has 7 heteroatoms. The Morgan fingerprint density at radius 2 is 1.71 bits per heavy atom. The molecule has 2 aromatic carbocycles. The molecule has 2 aromatic rings. The van der Waals surface area contributed by atoms with Crippen molar-refractivity contribution in [3.05, 3.63) is 53.1 Å². The van der Waals surface area contributed by atoms with Crippen LogP contribution in [0.2, 0.25) is 0 Å². The molecular weight excluding hydrogens is 369 g/mol. The van der Waals surface area contributed by atoms with E-state index in [1.807, 2.05) is 32.9 Å². The average Bonchev–Trinajstić information content (AvgIpc) is 2.58. The van der Waals surface area contributed by atoms with Crippen molar-refractivity contribution in [1.82, 2.24) is 4.90 Å². The van der Waals surface area contributed by atoms with Gasteiger partial charge < -0.3 is 15.4 Å². The summed E-state index contributed by atoms with van der Waals surface area (Å²) in [5, 5.41) is 0. The Labute approximate surface area is 162 Å². The highest BCUT2D eigenvalue weighted by molar-refractivity contribution is 5.78. The number of carbonyl (C=O) groups is 1. The molecule has 3 rings (SSSR count). The first kappa shape index (κ1) is 20.0. The first-order chi connectivity index (χ1) is 12.9. The number of ether oxygens (including phenoxy) is 1. The molecule has 0 radical (unpaired) electrons. The molecular formula is C21H23F3N2O2. The van der Waals surface area contributed by atoms with Crippen molar-refractivity contribution >= 4 is 11.8 Å². The Balaban J connectivity index is 1.87. The summed E-state index contributed by atoms with van der Waals surface area (Å²) in [6, 6.07) is 8.60. The molecule has 0 aliphatic carbocycles. The molecule has 0 fully saturated rings. The predicted molar refractivity (Wildman–Crippen MR) is 102 cm³/mol. The fourth-order valence-electron chi connectivity index (χ4n) is 3.20. The summed E-state index contributed by atoms with van der Waals surface area (Å²) in [6.07, 6.45) is -4.12. The molecule has 0 saturated carbocycles. The number of nitrogens with zero attached hydrogens (tertiary/aromatic N) is 1. The average molecular weight is 392 g/mol. The van der Waals surface area contributed by atoms with Crippen molar-refractivity contribution in [2.24, 2.45) is 0 Å². The number of halogens is 3. The summed E-state index contributed by atoms with van der Waals surface area (Å²) >= 11 is 0. The minimum atomic E-state index is -4.38. The number of fused-ring (bicyclic) bond motifs is 1. The molecule has 1 heterocycles. The fraction of sp³-hybridized carbons (Fsp3) is 0.381. The molecule has 4 nitrogen and oxygen atoms in total. The molecule has 0 atom stereocenters. The molecule has 1 aliphatic heterocycles. The first-order valence-corrected chi connectivity index (χ1v) is 9.01. The summed E-state index contributed by atoms with van der Waals surface area (Å²) in [4.78, 5) is 14.0. The van der Waals surface area contributed by atoms with Gasteiger partial charge in [-0.05, 0) is 68.1 Å². The highest BCUT2D eigenvalue weighted by Gasteiger charge is 2.30. The zero-order valence-corrected chi connectivity index (χ0v) is 16.1. The molecule has 150 valence electrons. The van der Waals surface area contributed by atoms with Gasteiger partial charge in [0.15, 0.2) is 0 Å². The van der Waals surface area contributed by atoms with Gasteiger partial charge in [-0.3, -0.25) is 0 Å². The number of amides is 1. The van der Waals surface area contributed by atoms with Crippen molar-refractivity contribution in [2.75, 3.05) is 12.3 Å². The lowest BCUT2D eigenvalue weighted by molar-refractivity contribution is -0.137. The summed E-state index contributed by atoms with van der Waals surface area (Å²) < 4.78 is 43.8. The van der Waals surface area contributed by atoms with E-state index in [0.717, 1.165) is 23.3 Å². The molecule has 0 spiro atoms. The van der Waals surface area contributed by atoms with Gasteiger partial charge in [-0.2, -0.15) is 13.2 Å². The van der Waals surface area contributed by atoms with Crippen LogP contribution in [0, 0.1) is 0 Å². The molecule has 2 N–H and O–H groups in total. The molecule has 0 unspecified atom stereocenters. The summed E-state index contributed by atoms with van der Waals surface area (Å²) in [7, 11) is 0. The third-order valence-corrected chi connectivity index (χ3v) is 4.56. The van der Waals surface area contributed by atoms with E-state index in [4.69, 9.17) is 10.5 Å². The van der Waals surface area contributed by atoms with E-state index in [0.29, 0.717) is 36.3 Å². The van der Waals surface area contributed by atoms with Crippen LogP contribution < -0.4 is 5.73 Å². The smallest absolute Gasteiger partial charge is 0.416 e. The van der Waals surface area contributed by atoms with Crippen molar-refractivity contribution < 1.29 is 22.7 Å². The maximum Gasteiger partial charge on any atom is 0.416 e. The monoisotopic (exact) mass is 392 g/mol. The van der Waals surface area contributed by atoms with Crippen LogP contribution in [0.15, 0.2) is 36.4 Å². The summed E-state index contributed by atoms with van der Waals surface area (Å²) in [5.74, 6) is 0. The summed E-state index contributed by atoms with van der Waals surface area (Å²) in [5.41, 5.74) is 8.57. The number of hydrogen-bond donors (Lipinski definition) is 1. The van der Waals surface area contributed by atoms with Crippen molar-refractivity contribution in [2.45, 2.75) is 45.5 Å². The van der Waals surface area contributed by atoms with Gasteiger partial charge in [0.2, 0.25) is 0 Å². The van der Waals surface area contributed by atoms with Gasteiger partial charge in [0, 0.05) is 24.3 Å². The lowest BCUT2D eigenvalue weighted by Crippen LogP contribution is -2.39. The standard InChI is InChI=1S/C21H23F3N2O2/c1-20(2,3)28-19(27)26-9-8-14-11-18(25)17(10-15(14)12-26)13-4-6-16(7-5-13)21(22,23)24/h4-7,10-11H,8-9,12,25H2,1-3H3. The van der Waals surface area contributed by atoms with Gasteiger partial charge in [0.05, 0.1) is 5.56 Å². The second kappa shape index (κ2) is 7.04. The summed E-state index contributed by atoms with van der Waals surface area (Å²) in [6.45, 7) is 6.34. The zero-order valence-electron chi connectivity index (χ0n) is 16.1. The van der Waals surface area contributed by atoms with E-state index < -0.39 is 17.3 Å². The van der Waals surface area contributed by atoms with Crippen molar-refractivity contribution in [3.8, 4) is 11.1 Å². The van der Waals surface area contributed by atoms with E-state index in [-0.39, 0.29) is 6.09 Å². The van der Waals surface area contributed by atoms with Crippen molar-refractivity contribution in [1.29, 1.82) is 0 Å². The third-order valence-electron chi connectivity index (χ3n) is 4.56. The minimum Gasteiger partial charge on any atom is -0.444 e. The quantitative estimate of drug-likeness (QED) is 0.675. The third kappa shape index (κ3) is 4.40. The Hall–Kier alpha value is -2.70. The van der Waals surface area contributed by atoms with Crippen LogP contribution >= 0.6 is 0 Å². The number of carbonyl (C=O) groups excluding carboxylic acids is 1. The number of alkyl halides is 3. The second-order valence-electron chi connectivity index (χ2n) is 7.94. The van der Waals surface area contributed by atoms with E-state index >= 15 is 0 Å². The molecule has 1 aliphatic rings. The number of anilines is 1. The Bertz CT molecular complexity index is 884. The van der Waals surface area contributed by atoms with Crippen LogP contribution in [0.4, 0.5) is 23.7 Å². The topological polar surface area (TPSA) is 55.6 Å². The highest BCUT2D eigenvalue weighted by Crippen LogP contribution is 2.35. The second-order valence-corrected chi connectivity index (χ2v) is 7.94. The number of rotatable bonds is 1. The van der Waals surface area contributed by atoms with E-state index in [1.165, 1.54) is 12.1 Å². The fourth-order valence-corrected chi connectivity index (χ4v) is 3.20. The van der Waals surface area contributed by atoms with E-state index in [9.17, 15) is 18.0 Å². The lowest BCUT2D eigenvalue weighted by Gasteiger charge is -2.31. The van der Waals surface area contributed by atoms with Crippen LogP contribution in [0.1, 0.15) is 37.5 Å². The van der Waals surface area contributed by atoms with Gasteiger partial charge >= 0.3 is 12.3 Å². The zero-order chi connectivity index (χ0) is 20.7. The SMILES string of the molecule is CC(C)(C)OC(=O)N1CCc2cc(N)c(-c3ccc(C(F)(F)F)cc3)cc2C1. The van der Waals surface area contributed by atoms with E-state index in [1.54, 1.807) is 4.90 Å². The number of nitrogen functional groups attached to an aromatic ring is 1. The van der Waals surface area contributed by atoms with Gasteiger partial charge in [-0.1, -0.05) is 12.1 Å². The van der Waals surface area contributed by atoms with Crippen LogP contribution in [0.5, 0.6) is 0 Å². The Kier molecular flexibility index (Phi) is 5.04. The molecule has 0 bridgehead atoms. The van der Waals surface area contributed by atoms with Crippen LogP contribution in [-0.2, 0) is 23.9 Å². The maximum absolute atomic E-state index is 12.8. The minimum absolute atomic E-state index is 0.373. The number of nitrogens with two attached hydrogens (primary N) is 1. The number of benzene rings is 2. The highest BCUT2D eigenvalue weighted by atomic mass is 19.4. The van der Waals surface area contributed by atoms with Gasteiger partial charge in [-0.25, -0.2) is 4.79 Å². The number of hydrogen-bond acceptors (Lipinski definition) is 3. The molecule has 0 saturated heterocycles. The van der Waals surface area contributed by atoms with Crippen LogP contribution in [-0.4, -0.2) is 23.1 Å². The van der Waals surface area contributed by atoms with Crippen LogP contribution in [0.25, 0.3) is 11.1 Å². The normalized spacial score (nSPS) is 14.6. The maximum atomic E-state index is 12.8. The van der Waals surface area contributed by atoms with Gasteiger partial charge in [0.25, 0.3) is 0 Å². The Morgan fingerprint density at radius 1 is 1.07 bits per heavy atom. The van der Waals surface area contributed by atoms with Crippen molar-refractivity contribution in [3.63, 3.8) is 0 Å². The Morgan fingerprint density at radius 3 is 2.29 bits per heavy atom. The molecule has 1 amide bonds. The molecule has 28 heavy (non-hydrogen) atoms. The van der Waals surface area contributed by atoms with Gasteiger partial charge in [-0.15, -0.1) is 0 Å². The van der Waals surface area contributed by atoms with Crippen LogP contribution in [0.3, 0.4) is 0 Å². The predicted octanol–water partition coefficient (Wildman–Crippen LogP) is 5.25. The largest absolute Gasteiger partial charge is 0.444 e. The lowest BCUT2D eigenvalue weighted by atomic mass is 9.93. The van der Waals surface area contributed by atoms with Gasteiger partial charge in [0.1, 0.15) is 5.60 Å². The first-order valence-electron chi connectivity index (χ1n) is 9.01. The molecule has 0 aromatic heterocycles.